The van der Waals surface area contributed by atoms with E-state index in [1.54, 1.807) is 0 Å². The van der Waals surface area contributed by atoms with Gasteiger partial charge in [-0.3, -0.25) is 0 Å². The van der Waals surface area contributed by atoms with Crippen molar-refractivity contribution < 1.29 is 26.6 Å². The number of rotatable bonds is 16. The first-order valence-corrected chi connectivity index (χ1v) is 14.2. The molecule has 0 aromatic heterocycles. The van der Waals surface area contributed by atoms with Crippen molar-refractivity contribution in [3.05, 3.63) is 48.6 Å². The SMILES string of the molecule is C=C(c1ccc(C(=C)[Si](OCC)(OCC)OCC)cc1)[Si](OCC)(OCC)OCC. The van der Waals surface area contributed by atoms with Crippen LogP contribution in [0.25, 0.3) is 10.4 Å². The molecule has 0 bridgehead atoms. The third-order valence-corrected chi connectivity index (χ3v) is 10.4. The minimum absolute atomic E-state index is 0.491. The summed E-state index contributed by atoms with van der Waals surface area (Å²) in [6.45, 7) is 23.1. The molecule has 0 fully saturated rings. The van der Waals surface area contributed by atoms with Crippen molar-refractivity contribution >= 4 is 28.0 Å². The third-order valence-electron chi connectivity index (χ3n) is 4.33. The summed E-state index contributed by atoms with van der Waals surface area (Å²) in [5, 5.41) is 1.49. The predicted molar refractivity (Wildman–Crippen MR) is 126 cm³/mol. The van der Waals surface area contributed by atoms with Crippen LogP contribution in [0.2, 0.25) is 0 Å². The lowest BCUT2D eigenvalue weighted by Crippen LogP contribution is -2.47. The van der Waals surface area contributed by atoms with Gasteiger partial charge in [0.05, 0.1) is 0 Å². The summed E-state index contributed by atoms with van der Waals surface area (Å²) in [4.78, 5) is 0. The Morgan fingerprint density at radius 1 is 0.533 bits per heavy atom. The molecule has 1 aromatic carbocycles. The van der Waals surface area contributed by atoms with E-state index in [-0.39, 0.29) is 0 Å². The molecule has 0 saturated carbocycles. The highest BCUT2D eigenvalue weighted by molar-refractivity contribution is 6.81. The maximum absolute atomic E-state index is 5.98. The molecular weight excluding hydrogens is 416 g/mol. The van der Waals surface area contributed by atoms with Crippen LogP contribution in [0.5, 0.6) is 0 Å². The fourth-order valence-electron chi connectivity index (χ4n) is 3.14. The van der Waals surface area contributed by atoms with Gasteiger partial charge in [0.1, 0.15) is 0 Å². The first-order chi connectivity index (χ1) is 14.4. The summed E-state index contributed by atoms with van der Waals surface area (Å²) in [7, 11) is -6.08. The molecule has 170 valence electrons. The highest BCUT2D eigenvalue weighted by Crippen LogP contribution is 2.31. The second kappa shape index (κ2) is 13.3. The lowest BCUT2D eigenvalue weighted by atomic mass is 10.1. The van der Waals surface area contributed by atoms with Crippen LogP contribution in [0.1, 0.15) is 52.7 Å². The Kier molecular flexibility index (Phi) is 12.0. The number of hydrogen-bond acceptors (Lipinski definition) is 6. The lowest BCUT2D eigenvalue weighted by Gasteiger charge is -2.31. The van der Waals surface area contributed by atoms with Crippen LogP contribution in [0.4, 0.5) is 0 Å². The fraction of sp³-hybridized carbons (Fsp3) is 0.545. The van der Waals surface area contributed by atoms with Crippen LogP contribution in [0.15, 0.2) is 37.4 Å². The molecule has 8 heteroatoms. The number of hydrogen-bond donors (Lipinski definition) is 0. The van der Waals surface area contributed by atoms with Gasteiger partial charge in [0, 0.05) is 50.0 Å². The topological polar surface area (TPSA) is 55.4 Å². The van der Waals surface area contributed by atoms with E-state index < -0.39 is 17.6 Å². The van der Waals surface area contributed by atoms with Crippen LogP contribution in [-0.2, 0) is 26.6 Å². The van der Waals surface area contributed by atoms with E-state index in [0.717, 1.165) is 21.5 Å². The van der Waals surface area contributed by atoms with Gasteiger partial charge in [-0.25, -0.2) is 0 Å². The molecule has 0 aliphatic rings. The zero-order valence-corrected chi connectivity index (χ0v) is 21.4. The second-order valence-corrected chi connectivity index (χ2v) is 11.4. The summed E-state index contributed by atoms with van der Waals surface area (Å²) >= 11 is 0. The van der Waals surface area contributed by atoms with Crippen molar-refractivity contribution in [2.75, 3.05) is 39.6 Å². The maximum atomic E-state index is 5.98. The molecular formula is C22H38O6Si2. The molecule has 1 rings (SSSR count). The Bertz CT molecular complexity index is 571. The van der Waals surface area contributed by atoms with Crippen molar-refractivity contribution in [3.63, 3.8) is 0 Å². The second-order valence-electron chi connectivity index (χ2n) is 6.24. The molecule has 0 aliphatic heterocycles. The molecule has 0 spiro atoms. The Morgan fingerprint density at radius 3 is 0.900 bits per heavy atom. The van der Waals surface area contributed by atoms with Crippen LogP contribution >= 0.6 is 0 Å². The van der Waals surface area contributed by atoms with Crippen molar-refractivity contribution in [1.82, 2.24) is 0 Å². The smallest absolute Gasteiger partial charge is 0.370 e. The molecule has 30 heavy (non-hydrogen) atoms. The Morgan fingerprint density at radius 2 is 0.733 bits per heavy atom. The fourth-order valence-corrected chi connectivity index (χ4v) is 8.01. The minimum atomic E-state index is -3.04. The van der Waals surface area contributed by atoms with E-state index in [1.165, 1.54) is 0 Å². The zero-order chi connectivity index (χ0) is 22.6. The normalized spacial score (nSPS) is 12.2. The van der Waals surface area contributed by atoms with Gasteiger partial charge < -0.3 is 26.6 Å². The van der Waals surface area contributed by atoms with Crippen LogP contribution in [0, 0.1) is 0 Å². The van der Waals surface area contributed by atoms with Gasteiger partial charge in [0.15, 0.2) is 0 Å². The molecule has 0 saturated heterocycles. The molecule has 0 aliphatic carbocycles. The summed E-state index contributed by atoms with van der Waals surface area (Å²) in [5.74, 6) is 0. The first kappa shape index (κ1) is 26.9. The van der Waals surface area contributed by atoms with Crippen LogP contribution in [0.3, 0.4) is 0 Å². The average Bonchev–Trinajstić information content (AvgIpc) is 2.74. The Labute approximate surface area is 184 Å². The highest BCUT2D eigenvalue weighted by Gasteiger charge is 2.46. The molecule has 0 radical (unpaired) electrons. The van der Waals surface area contributed by atoms with Crippen molar-refractivity contribution in [1.29, 1.82) is 0 Å². The van der Waals surface area contributed by atoms with Gasteiger partial charge >= 0.3 is 17.6 Å². The largest absolute Gasteiger partial charge is 0.537 e. The van der Waals surface area contributed by atoms with E-state index in [9.17, 15) is 0 Å². The molecule has 0 heterocycles. The Balaban J connectivity index is 3.24. The quantitative estimate of drug-likeness (QED) is 0.332. The molecule has 0 unspecified atom stereocenters. The van der Waals surface area contributed by atoms with Crippen molar-refractivity contribution in [3.8, 4) is 0 Å². The van der Waals surface area contributed by atoms with Crippen molar-refractivity contribution in [2.45, 2.75) is 41.5 Å². The summed E-state index contributed by atoms with van der Waals surface area (Å²) in [6, 6.07) is 7.91. The van der Waals surface area contributed by atoms with E-state index in [0.29, 0.717) is 39.6 Å². The summed E-state index contributed by atoms with van der Waals surface area (Å²) in [6.07, 6.45) is 0. The summed E-state index contributed by atoms with van der Waals surface area (Å²) in [5.41, 5.74) is 1.81. The lowest BCUT2D eigenvalue weighted by molar-refractivity contribution is 0.0864. The Hall–Kier alpha value is -1.11. The standard InChI is InChI=1S/C22H38O6Si2/c1-9-23-29(24-10-2,25-11-3)19(7)21-15-17-22(18-16-21)20(8)30(26-12-4,27-13-5)28-14-6/h15-18H,7-14H2,1-6H3. The van der Waals surface area contributed by atoms with Crippen LogP contribution < -0.4 is 0 Å². The average molecular weight is 455 g/mol. The van der Waals surface area contributed by atoms with Gasteiger partial charge in [-0.2, -0.15) is 0 Å². The van der Waals surface area contributed by atoms with E-state index >= 15 is 0 Å². The van der Waals surface area contributed by atoms with E-state index in [4.69, 9.17) is 26.6 Å². The monoisotopic (exact) mass is 454 g/mol. The first-order valence-electron chi connectivity index (χ1n) is 10.7. The molecule has 0 amide bonds. The number of benzene rings is 1. The maximum Gasteiger partial charge on any atom is 0.537 e. The van der Waals surface area contributed by atoms with Crippen molar-refractivity contribution in [2.24, 2.45) is 0 Å². The van der Waals surface area contributed by atoms with Gasteiger partial charge in [-0.05, 0) is 52.7 Å². The van der Waals surface area contributed by atoms with Gasteiger partial charge in [0.25, 0.3) is 0 Å². The zero-order valence-electron chi connectivity index (χ0n) is 19.4. The third kappa shape index (κ3) is 6.45. The molecule has 6 nitrogen and oxygen atoms in total. The van der Waals surface area contributed by atoms with E-state index in [2.05, 4.69) is 13.2 Å². The molecule has 1 aromatic rings. The van der Waals surface area contributed by atoms with Crippen LogP contribution in [-0.4, -0.2) is 57.3 Å². The predicted octanol–water partition coefficient (Wildman–Crippen LogP) is 4.89. The van der Waals surface area contributed by atoms with Gasteiger partial charge in [0.2, 0.25) is 0 Å². The van der Waals surface area contributed by atoms with Gasteiger partial charge in [-0.15, -0.1) is 0 Å². The minimum Gasteiger partial charge on any atom is -0.370 e. The highest BCUT2D eigenvalue weighted by atomic mass is 28.4. The van der Waals surface area contributed by atoms with Gasteiger partial charge in [-0.1, -0.05) is 37.4 Å². The summed E-state index contributed by atoms with van der Waals surface area (Å²) < 4.78 is 35.9. The molecule has 0 atom stereocenters. The molecule has 0 N–H and O–H groups in total. The van der Waals surface area contributed by atoms with E-state index in [1.807, 2.05) is 65.8 Å².